The summed E-state index contributed by atoms with van der Waals surface area (Å²) < 4.78 is 21.2. The quantitative estimate of drug-likeness (QED) is 0.578. The molecule has 0 saturated heterocycles. The Labute approximate surface area is 60.6 Å². The molecule has 2 rings (SSSR count). The molecule has 0 aliphatic heterocycles. The first-order chi connectivity index (χ1) is 6.20. The van der Waals surface area contributed by atoms with E-state index in [1.807, 2.05) is 5.73 Å². The zero-order valence-corrected chi connectivity index (χ0v) is 4.84. The Kier molecular flexibility index (Phi) is 0.492. The molecule has 10 heavy (non-hydrogen) atoms. The first-order valence-electron chi connectivity index (χ1n) is 4.09. The van der Waals surface area contributed by atoms with E-state index in [1.165, 1.54) is 0 Å². The fourth-order valence-electron chi connectivity index (χ4n) is 0.673. The van der Waals surface area contributed by atoms with Crippen LogP contribution in [0, 0.1) is 0 Å². The van der Waals surface area contributed by atoms with Crippen LogP contribution in [-0.4, -0.2) is 19.9 Å². The Hall–Kier alpha value is -1.65. The van der Waals surface area contributed by atoms with E-state index < -0.39 is 0 Å². The van der Waals surface area contributed by atoms with E-state index in [9.17, 15) is 0 Å². The van der Waals surface area contributed by atoms with Crippen LogP contribution in [0.3, 0.4) is 0 Å². The van der Waals surface area contributed by atoms with Gasteiger partial charge in [-0.2, -0.15) is 0 Å². The van der Waals surface area contributed by atoms with Crippen molar-refractivity contribution in [1.29, 1.82) is 0 Å². The van der Waals surface area contributed by atoms with Gasteiger partial charge in [-0.15, -0.1) is 0 Å². The zero-order valence-electron chi connectivity index (χ0n) is 7.84. The number of nitrogen functional groups attached to an aromatic ring is 1. The molecule has 0 radical (unpaired) electrons. The predicted octanol–water partition coefficient (Wildman–Crippen LogP) is -0.0649. The highest BCUT2D eigenvalue weighted by atomic mass is 15.0. The lowest BCUT2D eigenvalue weighted by Gasteiger charge is -1.89. The Morgan fingerprint density at radius 1 is 1.60 bits per heavy atom. The van der Waals surface area contributed by atoms with E-state index >= 15 is 0 Å². The number of aromatic amines is 1. The molecule has 3 N–H and O–H groups in total. The lowest BCUT2D eigenvalue weighted by molar-refractivity contribution is 1.21. The zero-order chi connectivity index (χ0) is 9.42. The van der Waals surface area contributed by atoms with Crippen LogP contribution >= 0.6 is 0 Å². The SMILES string of the molecule is [2H]Nc1nc([2H])nc2nc([2H])[nH]c12. The molecule has 0 amide bonds. The fourth-order valence-corrected chi connectivity index (χ4v) is 0.673. The molecule has 0 unspecified atom stereocenters. The third kappa shape index (κ3) is 0.540. The third-order valence-corrected chi connectivity index (χ3v) is 1.12. The molecule has 0 aliphatic carbocycles. The average molecular weight is 138 g/mol. The lowest BCUT2D eigenvalue weighted by Crippen LogP contribution is -1.91. The molecule has 2 aromatic heterocycles. The number of fused-ring (bicyclic) bond motifs is 1. The number of H-pyrrole nitrogens is 1. The Balaban J connectivity index is 2.80. The van der Waals surface area contributed by atoms with Crippen LogP contribution in [0.15, 0.2) is 12.6 Å². The number of hydrogen-bond donors (Lipinski definition) is 2. The van der Waals surface area contributed by atoms with Crippen molar-refractivity contribution >= 4 is 17.0 Å². The number of hydrogen-bond acceptors (Lipinski definition) is 4. The second-order valence-electron chi connectivity index (χ2n) is 1.72. The number of nitrogens with zero attached hydrogens (tertiary/aromatic N) is 3. The molecular weight excluding hydrogens is 130 g/mol. The van der Waals surface area contributed by atoms with Gasteiger partial charge in [0.2, 0.25) is 0 Å². The highest BCUT2D eigenvalue weighted by Crippen LogP contribution is 2.09. The van der Waals surface area contributed by atoms with E-state index in [0.717, 1.165) is 0 Å². The summed E-state index contributed by atoms with van der Waals surface area (Å²) in [6.45, 7) is 0. The summed E-state index contributed by atoms with van der Waals surface area (Å²) in [7, 11) is 0. The molecule has 2 aromatic rings. The van der Waals surface area contributed by atoms with Crippen molar-refractivity contribution in [1.82, 2.24) is 19.9 Å². The summed E-state index contributed by atoms with van der Waals surface area (Å²) in [4.78, 5) is 13.6. The topological polar surface area (TPSA) is 80.5 Å². The number of imidazole rings is 1. The molecule has 0 fully saturated rings. The van der Waals surface area contributed by atoms with Gasteiger partial charge in [-0.25, -0.2) is 15.0 Å². The highest BCUT2D eigenvalue weighted by Gasteiger charge is 1.99. The second-order valence-corrected chi connectivity index (χ2v) is 1.72. The van der Waals surface area contributed by atoms with E-state index in [2.05, 4.69) is 19.9 Å². The summed E-state index contributed by atoms with van der Waals surface area (Å²) in [6, 6.07) is 0. The maximum atomic E-state index is 7.18. The monoisotopic (exact) mass is 138 g/mol. The Bertz CT molecular complexity index is 453. The minimum absolute atomic E-state index is 0.0635. The molecule has 0 aliphatic rings. The molecule has 0 atom stereocenters. The highest BCUT2D eigenvalue weighted by molar-refractivity contribution is 5.80. The molecule has 2 heterocycles. The number of nitrogens with one attached hydrogen (secondary N) is 1. The van der Waals surface area contributed by atoms with Gasteiger partial charge in [0.1, 0.15) is 14.6 Å². The van der Waals surface area contributed by atoms with E-state index in [0.29, 0.717) is 5.52 Å². The third-order valence-electron chi connectivity index (χ3n) is 1.12. The van der Waals surface area contributed by atoms with Gasteiger partial charge >= 0.3 is 0 Å². The number of nitrogens with two attached hydrogens (primary N) is 1. The van der Waals surface area contributed by atoms with Gasteiger partial charge in [0, 0.05) is 0 Å². The van der Waals surface area contributed by atoms with Gasteiger partial charge in [-0.05, 0) is 0 Å². The van der Waals surface area contributed by atoms with Gasteiger partial charge in [0.05, 0.1) is 6.30 Å². The molecule has 0 bridgehead atoms. The first kappa shape index (κ1) is 2.96. The molecule has 0 saturated carbocycles. The van der Waals surface area contributed by atoms with Crippen LogP contribution in [-0.2, 0) is 0 Å². The van der Waals surface area contributed by atoms with E-state index in [-0.39, 0.29) is 24.1 Å². The van der Waals surface area contributed by atoms with Crippen molar-refractivity contribution < 1.29 is 4.15 Å². The van der Waals surface area contributed by atoms with Crippen molar-refractivity contribution in [2.45, 2.75) is 0 Å². The maximum absolute atomic E-state index is 7.18. The molecular formula is C5H5N5. The van der Waals surface area contributed by atoms with Crippen LogP contribution in [0.2, 0.25) is 1.41 Å². The van der Waals surface area contributed by atoms with Crippen LogP contribution in [0.25, 0.3) is 11.2 Å². The van der Waals surface area contributed by atoms with Crippen LogP contribution < -0.4 is 5.73 Å². The van der Waals surface area contributed by atoms with Crippen molar-refractivity contribution in [3.63, 3.8) is 0 Å². The van der Waals surface area contributed by atoms with Gasteiger partial charge in [-0.1, -0.05) is 0 Å². The molecule has 0 aromatic carbocycles. The summed E-state index contributed by atoms with van der Waals surface area (Å²) in [5.41, 5.74) is 2.64. The van der Waals surface area contributed by atoms with E-state index in [4.69, 9.17) is 4.15 Å². The van der Waals surface area contributed by atoms with Crippen molar-refractivity contribution in [3.05, 3.63) is 12.6 Å². The standard InChI is InChI=1S/C5H5N5/c6-4-3-5(9-1-7-3)10-2-8-4/h1-2H,(H3,6,7,8,9,10)/i1D,2D/hD. The van der Waals surface area contributed by atoms with E-state index in [1.54, 1.807) is 0 Å². The molecule has 0 spiro atoms. The maximum Gasteiger partial charge on any atom is 0.182 e. The normalized spacial score (nSPS) is 14.2. The summed E-state index contributed by atoms with van der Waals surface area (Å²) in [5.74, 6) is 0.154. The number of rotatable bonds is 1. The van der Waals surface area contributed by atoms with Gasteiger partial charge in [0.25, 0.3) is 0 Å². The minimum atomic E-state index is -0.228. The van der Waals surface area contributed by atoms with Crippen LogP contribution in [0.4, 0.5) is 5.82 Å². The number of anilines is 1. The molecule has 5 nitrogen and oxygen atoms in total. The summed E-state index contributed by atoms with van der Waals surface area (Å²) >= 11 is 0. The van der Waals surface area contributed by atoms with Gasteiger partial charge in [0.15, 0.2) is 12.9 Å². The lowest BCUT2D eigenvalue weighted by atomic mass is 10.5. The fraction of sp³-hybridized carbons (Fsp3) is 0. The summed E-state index contributed by atoms with van der Waals surface area (Å²) in [5, 5.41) is 0. The average Bonchev–Trinajstić information content (AvgIpc) is 2.43. The van der Waals surface area contributed by atoms with Crippen LogP contribution in [0.1, 0.15) is 2.74 Å². The number of aromatic nitrogens is 4. The van der Waals surface area contributed by atoms with Crippen molar-refractivity contribution in [3.8, 4) is 0 Å². The van der Waals surface area contributed by atoms with Crippen LogP contribution in [0.5, 0.6) is 0 Å². The second kappa shape index (κ2) is 1.66. The minimum Gasteiger partial charge on any atom is -0.382 e. The predicted molar refractivity (Wildman–Crippen MR) is 36.1 cm³/mol. The van der Waals surface area contributed by atoms with Crippen molar-refractivity contribution in [2.24, 2.45) is 0 Å². The van der Waals surface area contributed by atoms with Gasteiger partial charge in [-0.3, -0.25) is 0 Å². The van der Waals surface area contributed by atoms with Gasteiger partial charge < -0.3 is 10.7 Å². The molecule has 50 valence electrons. The molecule has 5 heteroatoms. The van der Waals surface area contributed by atoms with Crippen molar-refractivity contribution in [2.75, 3.05) is 5.73 Å². The Morgan fingerprint density at radius 3 is 3.50 bits per heavy atom. The first-order valence-corrected chi connectivity index (χ1v) is 2.59. The Morgan fingerprint density at radius 2 is 2.60 bits per heavy atom. The summed E-state index contributed by atoms with van der Waals surface area (Å²) in [6.07, 6.45) is -0.292. The largest absolute Gasteiger partial charge is 0.382 e. The smallest absolute Gasteiger partial charge is 0.182 e.